The molecule has 0 heterocycles. The Morgan fingerprint density at radius 1 is 1.29 bits per heavy atom. The van der Waals surface area contributed by atoms with Crippen molar-refractivity contribution >= 4 is 38.9 Å². The smallest absolute Gasteiger partial charge is 0.284 e. The Kier molecular flexibility index (Phi) is 5.05. The summed E-state index contributed by atoms with van der Waals surface area (Å²) in [7, 11) is -4.12. The van der Waals surface area contributed by atoms with Gasteiger partial charge in [0.05, 0.1) is 11.0 Å². The molecule has 1 aliphatic carbocycles. The predicted octanol–water partition coefficient (Wildman–Crippen LogP) is 3.05. The van der Waals surface area contributed by atoms with Crippen LogP contribution in [0.15, 0.2) is 17.0 Å². The summed E-state index contributed by atoms with van der Waals surface area (Å²) >= 11 is 11.4. The van der Waals surface area contributed by atoms with E-state index in [4.69, 9.17) is 28.0 Å². The summed E-state index contributed by atoms with van der Waals surface area (Å²) in [5, 5.41) is 10.1. The van der Waals surface area contributed by atoms with Gasteiger partial charge in [0.25, 0.3) is 10.0 Å². The van der Waals surface area contributed by atoms with E-state index in [1.807, 2.05) is 4.89 Å². The molecule has 1 aliphatic rings. The van der Waals surface area contributed by atoms with Crippen LogP contribution in [0, 0.1) is 10.1 Å². The highest BCUT2D eigenvalue weighted by atomic mass is 35.5. The van der Waals surface area contributed by atoms with Gasteiger partial charge in [-0.3, -0.25) is 15.0 Å². The topological polar surface area (TPSA) is 98.5 Å². The van der Waals surface area contributed by atoms with Gasteiger partial charge in [0.2, 0.25) is 0 Å². The molecule has 0 radical (unpaired) electrons. The molecule has 0 amide bonds. The van der Waals surface area contributed by atoms with E-state index in [2.05, 4.69) is 0 Å². The fourth-order valence-electron chi connectivity index (χ4n) is 2.08. The molecule has 116 valence electrons. The summed E-state index contributed by atoms with van der Waals surface area (Å²) < 4.78 is 24.2. The second kappa shape index (κ2) is 6.45. The first-order valence-electron chi connectivity index (χ1n) is 6.13. The number of hydrogen-bond acceptors (Lipinski definition) is 5. The van der Waals surface area contributed by atoms with Crippen molar-refractivity contribution in [3.63, 3.8) is 0 Å². The Balaban J connectivity index is 2.27. The highest BCUT2D eigenvalue weighted by molar-refractivity contribution is 7.89. The number of nitro benzene ring substituents is 1. The molecule has 0 saturated heterocycles. The predicted molar refractivity (Wildman–Crippen MR) is 76.8 cm³/mol. The van der Waals surface area contributed by atoms with Crippen LogP contribution in [0.5, 0.6) is 0 Å². The van der Waals surface area contributed by atoms with E-state index in [1.165, 1.54) is 0 Å². The third-order valence-corrected chi connectivity index (χ3v) is 5.16. The SMILES string of the molecule is O=[N+]([O-])c1c(Cl)ccc(S(=O)(=O)NOC2CCCC2)c1Cl. The van der Waals surface area contributed by atoms with Crippen LogP contribution in [0.2, 0.25) is 10.0 Å². The van der Waals surface area contributed by atoms with Gasteiger partial charge in [0, 0.05) is 0 Å². The summed E-state index contributed by atoms with van der Waals surface area (Å²) in [5.41, 5.74) is -0.651. The molecule has 1 aromatic rings. The zero-order chi connectivity index (χ0) is 15.6. The summed E-state index contributed by atoms with van der Waals surface area (Å²) in [5.74, 6) is 0. The number of halogens is 2. The Hall–Kier alpha value is -0.930. The van der Waals surface area contributed by atoms with Crippen LogP contribution in [-0.2, 0) is 14.9 Å². The Morgan fingerprint density at radius 2 is 1.90 bits per heavy atom. The molecule has 0 bridgehead atoms. The highest BCUT2D eigenvalue weighted by Gasteiger charge is 2.29. The van der Waals surface area contributed by atoms with Crippen molar-refractivity contribution in [2.45, 2.75) is 36.7 Å². The molecule has 7 nitrogen and oxygen atoms in total. The van der Waals surface area contributed by atoms with Crippen LogP contribution in [0.4, 0.5) is 5.69 Å². The van der Waals surface area contributed by atoms with Crippen LogP contribution in [0.1, 0.15) is 25.7 Å². The number of nitrogens with zero attached hydrogens (tertiary/aromatic N) is 1. The number of nitro groups is 1. The maximum Gasteiger partial charge on any atom is 0.307 e. The molecule has 2 rings (SSSR count). The number of hydrogen-bond donors (Lipinski definition) is 1. The molecule has 0 aromatic heterocycles. The molecule has 1 aromatic carbocycles. The lowest BCUT2D eigenvalue weighted by molar-refractivity contribution is -0.384. The minimum absolute atomic E-state index is 0.194. The van der Waals surface area contributed by atoms with E-state index in [1.54, 1.807) is 0 Å². The van der Waals surface area contributed by atoms with Crippen molar-refractivity contribution in [2.24, 2.45) is 0 Å². The average molecular weight is 355 g/mol. The van der Waals surface area contributed by atoms with Gasteiger partial charge in [-0.15, -0.1) is 0 Å². The van der Waals surface area contributed by atoms with Crippen molar-refractivity contribution in [1.29, 1.82) is 0 Å². The van der Waals surface area contributed by atoms with Crippen molar-refractivity contribution < 1.29 is 18.2 Å². The van der Waals surface area contributed by atoms with Gasteiger partial charge in [-0.2, -0.15) is 0 Å². The molecule has 1 N–H and O–H groups in total. The van der Waals surface area contributed by atoms with Gasteiger partial charge in [-0.05, 0) is 25.0 Å². The molecule has 0 spiro atoms. The maximum atomic E-state index is 12.1. The zero-order valence-corrected chi connectivity index (χ0v) is 13.0. The number of sulfonamides is 1. The summed E-state index contributed by atoms with van der Waals surface area (Å²) in [6.07, 6.45) is 3.27. The van der Waals surface area contributed by atoms with E-state index in [0.717, 1.165) is 37.8 Å². The number of rotatable bonds is 5. The quantitative estimate of drug-likeness (QED) is 0.647. The van der Waals surface area contributed by atoms with Crippen LogP contribution in [0.25, 0.3) is 0 Å². The van der Waals surface area contributed by atoms with Crippen LogP contribution >= 0.6 is 23.2 Å². The Bertz CT molecular complexity index is 659. The second-order valence-corrected chi connectivity index (χ2v) is 6.97. The van der Waals surface area contributed by atoms with E-state index < -0.39 is 30.6 Å². The van der Waals surface area contributed by atoms with Gasteiger partial charge in [-0.1, -0.05) is 40.9 Å². The number of nitrogens with one attached hydrogen (secondary N) is 1. The summed E-state index contributed by atoms with van der Waals surface area (Å²) in [4.78, 5) is 16.7. The molecule has 0 unspecified atom stereocenters. The molecular formula is C11H12Cl2N2O5S. The lowest BCUT2D eigenvalue weighted by atomic mass is 10.3. The highest BCUT2D eigenvalue weighted by Crippen LogP contribution is 2.37. The first-order chi connectivity index (χ1) is 9.83. The van der Waals surface area contributed by atoms with Gasteiger partial charge in [0.15, 0.2) is 0 Å². The zero-order valence-electron chi connectivity index (χ0n) is 10.7. The minimum atomic E-state index is -4.12. The third kappa shape index (κ3) is 3.64. The molecule has 0 atom stereocenters. The van der Waals surface area contributed by atoms with Gasteiger partial charge in [0.1, 0.15) is 14.9 Å². The standard InChI is InChI=1S/C11H12Cl2N2O5S/c12-8-5-6-9(10(13)11(8)15(16)17)21(18,19)14-20-7-3-1-2-4-7/h5-7,14H,1-4H2. The van der Waals surface area contributed by atoms with Crippen molar-refractivity contribution in [2.75, 3.05) is 0 Å². The average Bonchev–Trinajstić information content (AvgIpc) is 2.88. The van der Waals surface area contributed by atoms with Crippen molar-refractivity contribution in [1.82, 2.24) is 4.89 Å². The Labute approximate surface area is 131 Å². The van der Waals surface area contributed by atoms with E-state index in [-0.39, 0.29) is 11.1 Å². The van der Waals surface area contributed by atoms with Crippen LogP contribution < -0.4 is 4.89 Å². The summed E-state index contributed by atoms with van der Waals surface area (Å²) in [6.45, 7) is 0. The third-order valence-electron chi connectivity index (χ3n) is 3.13. The molecule has 1 fully saturated rings. The second-order valence-electron chi connectivity index (χ2n) is 4.58. The van der Waals surface area contributed by atoms with E-state index >= 15 is 0 Å². The monoisotopic (exact) mass is 354 g/mol. The molecule has 21 heavy (non-hydrogen) atoms. The molecule has 0 aliphatic heterocycles. The molecule has 10 heteroatoms. The minimum Gasteiger partial charge on any atom is -0.284 e. The lowest BCUT2D eigenvalue weighted by Crippen LogP contribution is -2.28. The first kappa shape index (κ1) is 16.4. The van der Waals surface area contributed by atoms with Crippen LogP contribution in [-0.4, -0.2) is 19.4 Å². The maximum absolute atomic E-state index is 12.1. The van der Waals surface area contributed by atoms with Gasteiger partial charge >= 0.3 is 5.69 Å². The fraction of sp³-hybridized carbons (Fsp3) is 0.455. The fourth-order valence-corrected chi connectivity index (χ4v) is 3.83. The molecular weight excluding hydrogens is 343 g/mol. The van der Waals surface area contributed by atoms with E-state index in [9.17, 15) is 18.5 Å². The first-order valence-corrected chi connectivity index (χ1v) is 8.36. The van der Waals surface area contributed by atoms with E-state index in [0.29, 0.717) is 0 Å². The molecule has 1 saturated carbocycles. The van der Waals surface area contributed by atoms with Crippen molar-refractivity contribution in [3.8, 4) is 0 Å². The normalized spacial score (nSPS) is 16.3. The number of benzene rings is 1. The van der Waals surface area contributed by atoms with Crippen molar-refractivity contribution in [3.05, 3.63) is 32.3 Å². The van der Waals surface area contributed by atoms with Gasteiger partial charge < -0.3 is 0 Å². The largest absolute Gasteiger partial charge is 0.307 e. The van der Waals surface area contributed by atoms with Gasteiger partial charge in [-0.25, -0.2) is 8.42 Å². The van der Waals surface area contributed by atoms with Crippen LogP contribution in [0.3, 0.4) is 0 Å². The lowest BCUT2D eigenvalue weighted by Gasteiger charge is -2.13. The Morgan fingerprint density at radius 3 is 2.48 bits per heavy atom. The summed E-state index contributed by atoms with van der Waals surface area (Å²) in [6, 6.07) is 2.20.